The highest BCUT2D eigenvalue weighted by atomic mass is 32.1. The highest BCUT2D eigenvalue weighted by Gasteiger charge is 1.90. The average Bonchev–Trinajstić information content (AvgIpc) is 2.29. The molecular formula is C12H16O2S. The van der Waals surface area contributed by atoms with Gasteiger partial charge < -0.3 is 9.47 Å². The van der Waals surface area contributed by atoms with Gasteiger partial charge in [0.05, 0.1) is 13.2 Å². The summed E-state index contributed by atoms with van der Waals surface area (Å²) in [7, 11) is 0. The minimum absolute atomic E-state index is 0.582. The first-order valence-corrected chi connectivity index (χ1v) is 5.58. The fourth-order valence-corrected chi connectivity index (χ4v) is 1.18. The van der Waals surface area contributed by atoms with Crippen LogP contribution in [0.3, 0.4) is 0 Å². The van der Waals surface area contributed by atoms with E-state index in [9.17, 15) is 0 Å². The van der Waals surface area contributed by atoms with Crippen LogP contribution in [0.1, 0.15) is 0 Å². The molecule has 82 valence electrons. The summed E-state index contributed by atoms with van der Waals surface area (Å²) in [5.41, 5.74) is 0. The summed E-state index contributed by atoms with van der Waals surface area (Å²) in [6.07, 6.45) is 3.91. The van der Waals surface area contributed by atoms with Crippen molar-refractivity contribution >= 4 is 12.6 Å². The zero-order chi connectivity index (χ0) is 10.8. The van der Waals surface area contributed by atoms with Gasteiger partial charge in [-0.3, -0.25) is 0 Å². The molecule has 0 unspecified atom stereocenters. The molecular weight excluding hydrogens is 208 g/mol. The number of para-hydroxylation sites is 1. The van der Waals surface area contributed by atoms with Gasteiger partial charge in [0, 0.05) is 5.75 Å². The van der Waals surface area contributed by atoms with Crippen molar-refractivity contribution in [3.05, 3.63) is 42.5 Å². The molecule has 1 aromatic carbocycles. The standard InChI is InChI=1S/C12H16O2S/c15-11-5-4-8-13-9-10-14-12-6-2-1-3-7-12/h1-7,15H,8-11H2. The third-order valence-corrected chi connectivity index (χ3v) is 1.94. The van der Waals surface area contributed by atoms with Gasteiger partial charge in [0.15, 0.2) is 0 Å². The van der Waals surface area contributed by atoms with Crippen molar-refractivity contribution in [2.75, 3.05) is 25.6 Å². The first-order valence-electron chi connectivity index (χ1n) is 4.95. The fourth-order valence-electron chi connectivity index (χ4n) is 1.03. The summed E-state index contributed by atoms with van der Waals surface area (Å²) < 4.78 is 10.8. The van der Waals surface area contributed by atoms with Gasteiger partial charge in [-0.2, -0.15) is 12.6 Å². The lowest BCUT2D eigenvalue weighted by atomic mass is 10.3. The van der Waals surface area contributed by atoms with Crippen LogP contribution in [0.4, 0.5) is 0 Å². The van der Waals surface area contributed by atoms with Crippen LogP contribution < -0.4 is 4.74 Å². The lowest BCUT2D eigenvalue weighted by Crippen LogP contribution is -2.06. The third kappa shape index (κ3) is 6.20. The third-order valence-electron chi connectivity index (χ3n) is 1.73. The van der Waals surface area contributed by atoms with Crippen LogP contribution in [0.15, 0.2) is 42.5 Å². The second kappa shape index (κ2) is 8.38. The molecule has 0 saturated heterocycles. The van der Waals surface area contributed by atoms with Crippen LogP contribution >= 0.6 is 12.6 Å². The number of hydrogen-bond acceptors (Lipinski definition) is 3. The molecule has 0 aliphatic rings. The molecule has 0 fully saturated rings. The minimum atomic E-state index is 0.582. The first-order chi connectivity index (χ1) is 7.43. The molecule has 0 heterocycles. The number of rotatable bonds is 7. The molecule has 0 atom stereocenters. The first kappa shape index (κ1) is 12.1. The SMILES string of the molecule is SCC=CCOCCOc1ccccc1. The summed E-state index contributed by atoms with van der Waals surface area (Å²) in [6.45, 7) is 1.81. The number of thiol groups is 1. The van der Waals surface area contributed by atoms with Gasteiger partial charge in [0.25, 0.3) is 0 Å². The predicted octanol–water partition coefficient (Wildman–Crippen LogP) is 2.57. The van der Waals surface area contributed by atoms with E-state index in [0.717, 1.165) is 11.5 Å². The largest absolute Gasteiger partial charge is 0.491 e. The fraction of sp³-hybridized carbons (Fsp3) is 0.333. The predicted molar refractivity (Wildman–Crippen MR) is 65.7 cm³/mol. The van der Waals surface area contributed by atoms with Crippen molar-refractivity contribution in [1.82, 2.24) is 0 Å². The quantitative estimate of drug-likeness (QED) is 0.436. The molecule has 3 heteroatoms. The highest BCUT2D eigenvalue weighted by Crippen LogP contribution is 2.07. The Morgan fingerprint density at radius 3 is 2.60 bits per heavy atom. The second-order valence-electron chi connectivity index (χ2n) is 2.89. The molecule has 1 rings (SSSR count). The van der Waals surface area contributed by atoms with E-state index in [0.29, 0.717) is 19.8 Å². The van der Waals surface area contributed by atoms with Crippen molar-refractivity contribution in [3.8, 4) is 5.75 Å². The Hall–Kier alpha value is -0.930. The molecule has 15 heavy (non-hydrogen) atoms. The smallest absolute Gasteiger partial charge is 0.119 e. The second-order valence-corrected chi connectivity index (χ2v) is 3.26. The van der Waals surface area contributed by atoms with E-state index in [4.69, 9.17) is 9.47 Å². The average molecular weight is 224 g/mol. The van der Waals surface area contributed by atoms with Crippen molar-refractivity contribution in [3.63, 3.8) is 0 Å². The molecule has 0 amide bonds. The van der Waals surface area contributed by atoms with E-state index in [1.165, 1.54) is 0 Å². The molecule has 1 aromatic rings. The van der Waals surface area contributed by atoms with E-state index in [2.05, 4.69) is 12.6 Å². The van der Waals surface area contributed by atoms with Gasteiger partial charge in [-0.15, -0.1) is 0 Å². The van der Waals surface area contributed by atoms with Crippen LogP contribution in [0.5, 0.6) is 5.75 Å². The maximum atomic E-state index is 5.45. The molecule has 0 saturated carbocycles. The van der Waals surface area contributed by atoms with Crippen molar-refractivity contribution < 1.29 is 9.47 Å². The summed E-state index contributed by atoms with van der Waals surface area (Å²) in [5, 5.41) is 0. The van der Waals surface area contributed by atoms with Gasteiger partial charge >= 0.3 is 0 Å². The maximum Gasteiger partial charge on any atom is 0.119 e. The van der Waals surface area contributed by atoms with Crippen LogP contribution in [-0.4, -0.2) is 25.6 Å². The van der Waals surface area contributed by atoms with E-state index < -0.39 is 0 Å². The lowest BCUT2D eigenvalue weighted by molar-refractivity contribution is 0.121. The van der Waals surface area contributed by atoms with Gasteiger partial charge in [0.1, 0.15) is 12.4 Å². The van der Waals surface area contributed by atoms with E-state index in [1.54, 1.807) is 0 Å². The van der Waals surface area contributed by atoms with E-state index in [1.807, 2.05) is 42.5 Å². The van der Waals surface area contributed by atoms with Crippen LogP contribution in [0.25, 0.3) is 0 Å². The van der Waals surface area contributed by atoms with Crippen molar-refractivity contribution in [2.24, 2.45) is 0 Å². The van der Waals surface area contributed by atoms with Gasteiger partial charge in [0.2, 0.25) is 0 Å². The molecule has 0 bridgehead atoms. The van der Waals surface area contributed by atoms with E-state index in [-0.39, 0.29) is 0 Å². The molecule has 0 radical (unpaired) electrons. The summed E-state index contributed by atoms with van der Waals surface area (Å²) in [5.74, 6) is 1.64. The number of ether oxygens (including phenoxy) is 2. The minimum Gasteiger partial charge on any atom is -0.491 e. The monoisotopic (exact) mass is 224 g/mol. The Morgan fingerprint density at radius 2 is 1.87 bits per heavy atom. The summed E-state index contributed by atoms with van der Waals surface area (Å²) in [4.78, 5) is 0. The Bertz CT molecular complexity index is 272. The van der Waals surface area contributed by atoms with Crippen LogP contribution in [0, 0.1) is 0 Å². The van der Waals surface area contributed by atoms with Gasteiger partial charge in [-0.1, -0.05) is 30.4 Å². The Balaban J connectivity index is 2.00. The van der Waals surface area contributed by atoms with Crippen LogP contribution in [0.2, 0.25) is 0 Å². The number of hydrogen-bond donors (Lipinski definition) is 1. The summed E-state index contributed by atoms with van der Waals surface area (Å²) >= 11 is 4.04. The Kier molecular flexibility index (Phi) is 6.79. The van der Waals surface area contributed by atoms with Crippen molar-refractivity contribution in [2.45, 2.75) is 0 Å². The maximum absolute atomic E-state index is 5.45. The number of benzene rings is 1. The highest BCUT2D eigenvalue weighted by molar-refractivity contribution is 7.80. The van der Waals surface area contributed by atoms with Crippen LogP contribution in [-0.2, 0) is 4.74 Å². The lowest BCUT2D eigenvalue weighted by Gasteiger charge is -2.05. The van der Waals surface area contributed by atoms with E-state index >= 15 is 0 Å². The molecule has 2 nitrogen and oxygen atoms in total. The van der Waals surface area contributed by atoms with Gasteiger partial charge in [-0.05, 0) is 12.1 Å². The molecule has 0 N–H and O–H groups in total. The molecule has 0 spiro atoms. The van der Waals surface area contributed by atoms with Crippen molar-refractivity contribution in [1.29, 1.82) is 0 Å². The molecule has 0 aliphatic carbocycles. The summed E-state index contributed by atoms with van der Waals surface area (Å²) in [6, 6.07) is 9.73. The van der Waals surface area contributed by atoms with Gasteiger partial charge in [-0.25, -0.2) is 0 Å². The normalized spacial score (nSPS) is 10.7. The Labute approximate surface area is 96.3 Å². The zero-order valence-electron chi connectivity index (χ0n) is 8.63. The zero-order valence-corrected chi connectivity index (χ0v) is 9.53. The molecule has 0 aromatic heterocycles. The Morgan fingerprint density at radius 1 is 1.07 bits per heavy atom. The molecule has 0 aliphatic heterocycles. The topological polar surface area (TPSA) is 18.5 Å².